The van der Waals surface area contributed by atoms with Gasteiger partial charge in [0.15, 0.2) is 0 Å². The van der Waals surface area contributed by atoms with E-state index in [0.717, 1.165) is 33.3 Å². The number of nitrogens with zero attached hydrogens (tertiary/aromatic N) is 1. The molecule has 6 heteroatoms. The highest BCUT2D eigenvalue weighted by atomic mass is 16.2. The number of aryl methyl sites for hydroxylation is 2. The van der Waals surface area contributed by atoms with Crippen LogP contribution in [0.5, 0.6) is 0 Å². The topological polar surface area (TPSA) is 78.5 Å². The van der Waals surface area contributed by atoms with Crippen molar-refractivity contribution in [3.05, 3.63) is 71.8 Å². The molecule has 4 rings (SSSR count). The summed E-state index contributed by atoms with van der Waals surface area (Å²) in [6.45, 7) is 4.02. The third-order valence-corrected chi connectivity index (χ3v) is 5.72. The van der Waals surface area contributed by atoms with Gasteiger partial charge in [-0.2, -0.15) is 0 Å². The quantitative estimate of drug-likeness (QED) is 0.669. The molecule has 0 bridgehead atoms. The second-order valence-corrected chi connectivity index (χ2v) is 7.94. The van der Waals surface area contributed by atoms with Crippen LogP contribution in [0.4, 0.5) is 11.4 Å². The lowest BCUT2D eigenvalue weighted by atomic mass is 10.1. The molecule has 0 aromatic heterocycles. The molecule has 1 aliphatic heterocycles. The molecule has 1 heterocycles. The summed E-state index contributed by atoms with van der Waals surface area (Å²) in [5.74, 6) is -1.15. The predicted octanol–water partition coefficient (Wildman–Crippen LogP) is 3.56. The van der Waals surface area contributed by atoms with Crippen molar-refractivity contribution in [1.82, 2.24) is 5.32 Å². The van der Waals surface area contributed by atoms with Crippen molar-refractivity contribution in [2.45, 2.75) is 20.3 Å². The van der Waals surface area contributed by atoms with Crippen molar-refractivity contribution < 1.29 is 14.4 Å². The third-order valence-electron chi connectivity index (χ3n) is 5.72. The number of para-hydroxylation sites is 1. The standard InChI is InChI=1S/C25H25N3O3/c1-16-7-5-8-17(2)24(16)27-22(29)14-26-25(31)19-13-23(30)28(15-19)21-12-6-10-18-9-3-4-11-20(18)21/h3-12,19H,13-15H2,1-2H3,(H,26,31)(H,27,29). The molecular formula is C25H25N3O3. The molecule has 0 aliphatic carbocycles. The van der Waals surface area contributed by atoms with Crippen molar-refractivity contribution in [3.63, 3.8) is 0 Å². The highest BCUT2D eigenvalue weighted by Crippen LogP contribution is 2.31. The number of fused-ring (bicyclic) bond motifs is 1. The minimum Gasteiger partial charge on any atom is -0.347 e. The number of benzene rings is 3. The smallest absolute Gasteiger partial charge is 0.243 e. The first-order chi connectivity index (χ1) is 14.9. The number of nitrogens with one attached hydrogen (secondary N) is 2. The maximum atomic E-state index is 12.7. The van der Waals surface area contributed by atoms with Gasteiger partial charge in [-0.05, 0) is 36.4 Å². The van der Waals surface area contributed by atoms with Crippen LogP contribution in [0.2, 0.25) is 0 Å². The number of carbonyl (C=O) groups is 3. The number of anilines is 2. The fraction of sp³-hybridized carbons (Fsp3) is 0.240. The van der Waals surface area contributed by atoms with Crippen LogP contribution in [0.15, 0.2) is 60.7 Å². The van der Waals surface area contributed by atoms with E-state index in [2.05, 4.69) is 10.6 Å². The van der Waals surface area contributed by atoms with E-state index in [1.54, 1.807) is 4.90 Å². The van der Waals surface area contributed by atoms with Crippen LogP contribution in [0, 0.1) is 19.8 Å². The molecule has 1 saturated heterocycles. The van der Waals surface area contributed by atoms with Gasteiger partial charge in [0, 0.05) is 24.0 Å². The van der Waals surface area contributed by atoms with E-state index in [9.17, 15) is 14.4 Å². The second-order valence-electron chi connectivity index (χ2n) is 7.94. The van der Waals surface area contributed by atoms with E-state index in [0.29, 0.717) is 6.54 Å². The summed E-state index contributed by atoms with van der Waals surface area (Å²) in [6, 6.07) is 19.5. The van der Waals surface area contributed by atoms with Crippen molar-refractivity contribution in [2.75, 3.05) is 23.3 Å². The number of hydrogen-bond acceptors (Lipinski definition) is 3. The van der Waals surface area contributed by atoms with Crippen LogP contribution in [0.25, 0.3) is 10.8 Å². The van der Waals surface area contributed by atoms with Crippen molar-refractivity contribution in [2.24, 2.45) is 5.92 Å². The third kappa shape index (κ3) is 4.28. The Morgan fingerprint density at radius 2 is 1.65 bits per heavy atom. The van der Waals surface area contributed by atoms with E-state index in [4.69, 9.17) is 0 Å². The molecule has 3 amide bonds. The summed E-state index contributed by atoms with van der Waals surface area (Å²) in [6.07, 6.45) is 0.133. The number of hydrogen-bond donors (Lipinski definition) is 2. The SMILES string of the molecule is Cc1cccc(C)c1NC(=O)CNC(=O)C1CC(=O)N(c2cccc3ccccc23)C1. The Bertz CT molecular complexity index is 1150. The Kier molecular flexibility index (Phi) is 5.71. The summed E-state index contributed by atoms with van der Waals surface area (Å²) >= 11 is 0. The monoisotopic (exact) mass is 415 g/mol. The van der Waals surface area contributed by atoms with Crippen LogP contribution >= 0.6 is 0 Å². The normalized spacial score (nSPS) is 15.9. The van der Waals surface area contributed by atoms with Gasteiger partial charge in [-0.3, -0.25) is 14.4 Å². The molecule has 1 aliphatic rings. The molecule has 2 N–H and O–H groups in total. The molecule has 0 spiro atoms. The lowest BCUT2D eigenvalue weighted by molar-refractivity contribution is -0.127. The first-order valence-corrected chi connectivity index (χ1v) is 10.4. The zero-order chi connectivity index (χ0) is 22.0. The van der Waals surface area contributed by atoms with E-state index >= 15 is 0 Å². The molecule has 0 saturated carbocycles. The van der Waals surface area contributed by atoms with Gasteiger partial charge in [0.05, 0.1) is 18.2 Å². The summed E-state index contributed by atoms with van der Waals surface area (Å²) in [5, 5.41) is 7.56. The zero-order valence-electron chi connectivity index (χ0n) is 17.6. The molecule has 6 nitrogen and oxygen atoms in total. The van der Waals surface area contributed by atoms with Crippen LogP contribution in [-0.4, -0.2) is 30.8 Å². The van der Waals surface area contributed by atoms with E-state index in [-0.39, 0.29) is 30.7 Å². The summed E-state index contributed by atoms with van der Waals surface area (Å²) in [4.78, 5) is 39.3. The minimum absolute atomic E-state index is 0.0866. The van der Waals surface area contributed by atoms with E-state index in [1.165, 1.54) is 0 Å². The Labute approximate surface area is 181 Å². The zero-order valence-corrected chi connectivity index (χ0v) is 17.6. The summed E-state index contributed by atoms with van der Waals surface area (Å²) < 4.78 is 0. The van der Waals surface area contributed by atoms with Gasteiger partial charge in [0.25, 0.3) is 0 Å². The average molecular weight is 415 g/mol. The van der Waals surface area contributed by atoms with Gasteiger partial charge in [0.1, 0.15) is 0 Å². The molecule has 158 valence electrons. The molecular weight excluding hydrogens is 390 g/mol. The van der Waals surface area contributed by atoms with Crippen molar-refractivity contribution in [1.29, 1.82) is 0 Å². The molecule has 1 unspecified atom stereocenters. The lowest BCUT2D eigenvalue weighted by Crippen LogP contribution is -2.38. The van der Waals surface area contributed by atoms with Gasteiger partial charge in [-0.1, -0.05) is 54.6 Å². The predicted molar refractivity (Wildman–Crippen MR) is 122 cm³/mol. The Balaban J connectivity index is 1.39. The minimum atomic E-state index is -0.487. The Hall–Kier alpha value is -3.67. The molecule has 31 heavy (non-hydrogen) atoms. The van der Waals surface area contributed by atoms with Crippen LogP contribution in [0.3, 0.4) is 0 Å². The van der Waals surface area contributed by atoms with Crippen molar-refractivity contribution in [3.8, 4) is 0 Å². The first kappa shape index (κ1) is 20.6. The Morgan fingerprint density at radius 3 is 2.42 bits per heavy atom. The molecule has 1 fully saturated rings. The fourth-order valence-electron chi connectivity index (χ4n) is 4.07. The van der Waals surface area contributed by atoms with E-state index < -0.39 is 5.92 Å². The number of rotatable bonds is 5. The maximum Gasteiger partial charge on any atom is 0.243 e. The largest absolute Gasteiger partial charge is 0.347 e. The van der Waals surface area contributed by atoms with Gasteiger partial charge < -0.3 is 15.5 Å². The van der Waals surface area contributed by atoms with Crippen LogP contribution in [0.1, 0.15) is 17.5 Å². The van der Waals surface area contributed by atoms with Gasteiger partial charge in [-0.25, -0.2) is 0 Å². The first-order valence-electron chi connectivity index (χ1n) is 10.4. The number of amides is 3. The Morgan fingerprint density at radius 1 is 0.968 bits per heavy atom. The average Bonchev–Trinajstić information content (AvgIpc) is 3.16. The number of carbonyl (C=O) groups excluding carboxylic acids is 3. The highest BCUT2D eigenvalue weighted by molar-refractivity contribution is 6.07. The maximum absolute atomic E-state index is 12.7. The lowest BCUT2D eigenvalue weighted by Gasteiger charge is -2.19. The van der Waals surface area contributed by atoms with Gasteiger partial charge in [-0.15, -0.1) is 0 Å². The molecule has 3 aromatic carbocycles. The van der Waals surface area contributed by atoms with Gasteiger partial charge >= 0.3 is 0 Å². The fourth-order valence-corrected chi connectivity index (χ4v) is 4.07. The van der Waals surface area contributed by atoms with Gasteiger partial charge in [0.2, 0.25) is 17.7 Å². The molecule has 1 atom stereocenters. The summed E-state index contributed by atoms with van der Waals surface area (Å²) in [7, 11) is 0. The highest BCUT2D eigenvalue weighted by Gasteiger charge is 2.35. The molecule has 0 radical (unpaired) electrons. The van der Waals surface area contributed by atoms with Crippen LogP contribution < -0.4 is 15.5 Å². The van der Waals surface area contributed by atoms with Crippen LogP contribution in [-0.2, 0) is 14.4 Å². The van der Waals surface area contributed by atoms with Crippen molar-refractivity contribution >= 4 is 39.9 Å². The summed E-state index contributed by atoms with van der Waals surface area (Å²) in [5.41, 5.74) is 3.50. The molecule has 3 aromatic rings. The second kappa shape index (κ2) is 8.60. The van der Waals surface area contributed by atoms with E-state index in [1.807, 2.05) is 74.5 Å².